The second kappa shape index (κ2) is 10.1. The zero-order valence-corrected chi connectivity index (χ0v) is 18.1. The molecule has 0 spiro atoms. The van der Waals surface area contributed by atoms with Crippen molar-refractivity contribution in [1.82, 2.24) is 16.0 Å². The van der Waals surface area contributed by atoms with E-state index in [-0.39, 0.29) is 11.3 Å². The van der Waals surface area contributed by atoms with E-state index in [0.29, 0.717) is 23.9 Å². The number of carbonyl (C=O) groups excluding carboxylic acids is 1. The van der Waals surface area contributed by atoms with Gasteiger partial charge in [-0.3, -0.25) is 9.79 Å². The van der Waals surface area contributed by atoms with E-state index in [1.165, 1.54) is 5.56 Å². The summed E-state index contributed by atoms with van der Waals surface area (Å²) in [7, 11) is 5.24. The molecule has 6 heteroatoms. The molecule has 0 aromatic heterocycles. The number of benzene rings is 2. The summed E-state index contributed by atoms with van der Waals surface area (Å²) in [6.45, 7) is 0.599. The molecular formula is C24H32N4O2. The first-order chi connectivity index (χ1) is 14.6. The summed E-state index contributed by atoms with van der Waals surface area (Å²) in [6, 6.07) is 18.3. The van der Waals surface area contributed by atoms with Crippen molar-refractivity contribution < 1.29 is 9.53 Å². The number of nitrogens with one attached hydrogen (secondary N) is 3. The molecule has 2 aromatic rings. The Morgan fingerprint density at radius 1 is 1.10 bits per heavy atom. The van der Waals surface area contributed by atoms with Crippen LogP contribution in [0.5, 0.6) is 5.75 Å². The molecule has 1 fully saturated rings. The molecule has 160 valence electrons. The molecule has 30 heavy (non-hydrogen) atoms. The van der Waals surface area contributed by atoms with E-state index >= 15 is 0 Å². The number of hydrogen-bond acceptors (Lipinski definition) is 3. The highest BCUT2D eigenvalue weighted by molar-refractivity contribution is 5.97. The van der Waals surface area contributed by atoms with Crippen molar-refractivity contribution in [2.45, 2.75) is 37.1 Å². The van der Waals surface area contributed by atoms with Crippen LogP contribution in [-0.4, -0.2) is 45.7 Å². The van der Waals surface area contributed by atoms with Gasteiger partial charge in [0.25, 0.3) is 5.91 Å². The van der Waals surface area contributed by atoms with Gasteiger partial charge in [0.05, 0.1) is 12.7 Å². The quantitative estimate of drug-likeness (QED) is 0.507. The van der Waals surface area contributed by atoms with E-state index < -0.39 is 0 Å². The Bertz CT molecular complexity index is 859. The Morgan fingerprint density at radius 3 is 2.40 bits per heavy atom. The third-order valence-corrected chi connectivity index (χ3v) is 6.07. The van der Waals surface area contributed by atoms with Gasteiger partial charge >= 0.3 is 0 Å². The summed E-state index contributed by atoms with van der Waals surface area (Å²) in [5.74, 6) is 1.31. The minimum absolute atomic E-state index is 0.0831. The fourth-order valence-corrected chi connectivity index (χ4v) is 4.29. The normalized spacial score (nSPS) is 21.6. The first-order valence-corrected chi connectivity index (χ1v) is 10.5. The van der Waals surface area contributed by atoms with Gasteiger partial charge in [-0.05, 0) is 43.4 Å². The standard InChI is InChI=1S/C24H32N4O2/c1-25-23(26-2)28-19-13-15-24(16-14-19,18-9-5-4-6-10-18)17-27-22(29)20-11-7-8-12-21(20)30-3/h4-12,19H,13-17H2,1-3H3,(H,27,29)(H2,25,26,28)/t19-,24-. The van der Waals surface area contributed by atoms with Gasteiger partial charge in [0, 0.05) is 32.1 Å². The molecule has 0 saturated heterocycles. The molecule has 1 aliphatic rings. The Kier molecular flexibility index (Phi) is 7.33. The minimum Gasteiger partial charge on any atom is -0.496 e. The minimum atomic E-state index is -0.0985. The lowest BCUT2D eigenvalue weighted by molar-refractivity contribution is 0.0932. The molecule has 1 aliphatic carbocycles. The van der Waals surface area contributed by atoms with Crippen LogP contribution < -0.4 is 20.7 Å². The summed E-state index contributed by atoms with van der Waals surface area (Å²) in [5, 5.41) is 9.76. The number of para-hydroxylation sites is 1. The highest BCUT2D eigenvalue weighted by Crippen LogP contribution is 2.39. The second-order valence-corrected chi connectivity index (χ2v) is 7.77. The average molecular weight is 409 g/mol. The lowest BCUT2D eigenvalue weighted by Crippen LogP contribution is -2.49. The van der Waals surface area contributed by atoms with Crippen molar-refractivity contribution in [3.05, 3.63) is 65.7 Å². The van der Waals surface area contributed by atoms with Crippen LogP contribution in [0.4, 0.5) is 0 Å². The van der Waals surface area contributed by atoms with Gasteiger partial charge in [-0.15, -0.1) is 0 Å². The maximum Gasteiger partial charge on any atom is 0.255 e. The molecule has 0 radical (unpaired) electrons. The van der Waals surface area contributed by atoms with Crippen molar-refractivity contribution in [2.24, 2.45) is 4.99 Å². The lowest BCUT2D eigenvalue weighted by Gasteiger charge is -2.41. The maximum atomic E-state index is 12.9. The smallest absolute Gasteiger partial charge is 0.255 e. The average Bonchev–Trinajstić information content (AvgIpc) is 2.82. The summed E-state index contributed by atoms with van der Waals surface area (Å²) in [4.78, 5) is 17.1. The number of hydrogen-bond donors (Lipinski definition) is 3. The fraction of sp³-hybridized carbons (Fsp3) is 0.417. The molecule has 1 amide bonds. The molecule has 0 unspecified atom stereocenters. The number of guanidine groups is 1. The highest BCUT2D eigenvalue weighted by Gasteiger charge is 2.37. The molecule has 0 bridgehead atoms. The van der Waals surface area contributed by atoms with E-state index in [4.69, 9.17) is 4.74 Å². The Morgan fingerprint density at radius 2 is 1.77 bits per heavy atom. The van der Waals surface area contributed by atoms with Crippen LogP contribution in [0.25, 0.3) is 0 Å². The van der Waals surface area contributed by atoms with Crippen molar-refractivity contribution in [3.8, 4) is 5.75 Å². The topological polar surface area (TPSA) is 74.8 Å². The number of ether oxygens (including phenoxy) is 1. The van der Waals surface area contributed by atoms with Crippen LogP contribution >= 0.6 is 0 Å². The molecule has 3 rings (SSSR count). The Hall–Kier alpha value is -3.02. The lowest BCUT2D eigenvalue weighted by atomic mass is 9.68. The van der Waals surface area contributed by atoms with Crippen molar-refractivity contribution >= 4 is 11.9 Å². The third kappa shape index (κ3) is 4.93. The van der Waals surface area contributed by atoms with E-state index in [2.05, 4.69) is 45.2 Å². The van der Waals surface area contributed by atoms with Crippen LogP contribution in [0.3, 0.4) is 0 Å². The predicted octanol–water partition coefficient (Wildman–Crippen LogP) is 3.10. The Labute approximate surface area is 179 Å². The number of methoxy groups -OCH3 is 1. The van der Waals surface area contributed by atoms with Crippen LogP contribution in [0.1, 0.15) is 41.6 Å². The molecule has 0 heterocycles. The van der Waals surface area contributed by atoms with Gasteiger partial charge in [-0.1, -0.05) is 42.5 Å². The zero-order valence-electron chi connectivity index (χ0n) is 18.1. The summed E-state index contributed by atoms with van der Waals surface area (Å²) < 4.78 is 5.35. The molecule has 1 saturated carbocycles. The monoisotopic (exact) mass is 408 g/mol. The maximum absolute atomic E-state index is 12.9. The first-order valence-electron chi connectivity index (χ1n) is 10.5. The largest absolute Gasteiger partial charge is 0.496 e. The first kappa shape index (κ1) is 21.7. The van der Waals surface area contributed by atoms with Crippen LogP contribution in [0.2, 0.25) is 0 Å². The predicted molar refractivity (Wildman–Crippen MR) is 121 cm³/mol. The molecular weight excluding hydrogens is 376 g/mol. The summed E-state index contributed by atoms with van der Waals surface area (Å²) in [5.41, 5.74) is 1.76. The molecule has 3 N–H and O–H groups in total. The molecule has 2 aromatic carbocycles. The van der Waals surface area contributed by atoms with Crippen LogP contribution in [-0.2, 0) is 5.41 Å². The number of aliphatic imine (C=N–C) groups is 1. The van der Waals surface area contributed by atoms with E-state index in [9.17, 15) is 4.79 Å². The van der Waals surface area contributed by atoms with Gasteiger partial charge in [-0.2, -0.15) is 0 Å². The molecule has 6 nitrogen and oxygen atoms in total. The van der Waals surface area contributed by atoms with Gasteiger partial charge < -0.3 is 20.7 Å². The van der Waals surface area contributed by atoms with E-state index in [1.54, 1.807) is 20.2 Å². The fourth-order valence-electron chi connectivity index (χ4n) is 4.29. The summed E-state index contributed by atoms with van der Waals surface area (Å²) in [6.07, 6.45) is 4.00. The number of rotatable bonds is 6. The highest BCUT2D eigenvalue weighted by atomic mass is 16.5. The zero-order chi connectivity index (χ0) is 21.4. The number of carbonyl (C=O) groups is 1. The van der Waals surface area contributed by atoms with E-state index in [1.807, 2.05) is 31.3 Å². The van der Waals surface area contributed by atoms with Gasteiger partial charge in [0.15, 0.2) is 5.96 Å². The number of amides is 1. The van der Waals surface area contributed by atoms with Crippen LogP contribution in [0.15, 0.2) is 59.6 Å². The Balaban J connectivity index is 1.74. The third-order valence-electron chi connectivity index (χ3n) is 6.07. The van der Waals surface area contributed by atoms with Crippen molar-refractivity contribution in [1.29, 1.82) is 0 Å². The van der Waals surface area contributed by atoms with Crippen LogP contribution in [0, 0.1) is 0 Å². The molecule has 0 atom stereocenters. The SMILES string of the molecule is CN=C(NC)N[C@H]1CC[C@](CNC(=O)c2ccccc2OC)(c2ccccc2)CC1. The number of nitrogens with zero attached hydrogens (tertiary/aromatic N) is 1. The van der Waals surface area contributed by atoms with Gasteiger partial charge in [0.2, 0.25) is 0 Å². The van der Waals surface area contributed by atoms with Crippen molar-refractivity contribution in [3.63, 3.8) is 0 Å². The molecule has 0 aliphatic heterocycles. The van der Waals surface area contributed by atoms with Gasteiger partial charge in [0.1, 0.15) is 5.75 Å². The van der Waals surface area contributed by atoms with Crippen molar-refractivity contribution in [2.75, 3.05) is 27.7 Å². The summed E-state index contributed by atoms with van der Waals surface area (Å²) >= 11 is 0. The van der Waals surface area contributed by atoms with Gasteiger partial charge in [-0.25, -0.2) is 0 Å². The second-order valence-electron chi connectivity index (χ2n) is 7.77. The van der Waals surface area contributed by atoms with E-state index in [0.717, 1.165) is 31.6 Å².